The molecule has 3 rings (SSSR count). The minimum Gasteiger partial charge on any atom is -0.493 e. The van der Waals surface area contributed by atoms with Crippen LogP contribution in [0, 0.1) is 0 Å². The van der Waals surface area contributed by atoms with Crippen molar-refractivity contribution >= 4 is 5.91 Å². The van der Waals surface area contributed by atoms with Gasteiger partial charge < -0.3 is 14.8 Å². The fourth-order valence-electron chi connectivity index (χ4n) is 3.23. The predicted molar refractivity (Wildman–Crippen MR) is 97.3 cm³/mol. The number of carbonyl (C=O) groups excluding carboxylic acids is 1. The van der Waals surface area contributed by atoms with Crippen molar-refractivity contribution in [3.05, 3.63) is 59.2 Å². The van der Waals surface area contributed by atoms with Gasteiger partial charge in [-0.05, 0) is 29.7 Å². The average molecular weight is 340 g/mol. The Bertz CT molecular complexity index is 745. The Hall–Kier alpha value is -2.53. The number of nitrogens with zero attached hydrogens (tertiary/aromatic N) is 1. The minimum atomic E-state index is -0.145. The Balaban J connectivity index is 1.56. The molecule has 1 aliphatic rings. The number of ether oxygens (including phenoxy) is 2. The monoisotopic (exact) mass is 340 g/mol. The molecule has 1 amide bonds. The predicted octanol–water partition coefficient (Wildman–Crippen LogP) is 2.49. The van der Waals surface area contributed by atoms with Gasteiger partial charge in [0, 0.05) is 26.2 Å². The second-order valence-corrected chi connectivity index (χ2v) is 6.09. The number of hydrogen-bond donors (Lipinski definition) is 1. The maximum Gasteiger partial charge on any atom is 0.255 e. The summed E-state index contributed by atoms with van der Waals surface area (Å²) in [5.41, 5.74) is 3.31. The molecule has 0 bridgehead atoms. The molecule has 25 heavy (non-hydrogen) atoms. The normalized spacial score (nSPS) is 13.8. The van der Waals surface area contributed by atoms with Gasteiger partial charge in [0.15, 0.2) is 11.5 Å². The Labute approximate surface area is 148 Å². The lowest BCUT2D eigenvalue weighted by Crippen LogP contribution is -2.37. The van der Waals surface area contributed by atoms with Gasteiger partial charge in [-0.15, -0.1) is 0 Å². The maximum absolute atomic E-state index is 12.5. The molecule has 0 spiro atoms. The molecule has 0 saturated heterocycles. The molecule has 0 unspecified atom stereocenters. The van der Waals surface area contributed by atoms with Gasteiger partial charge >= 0.3 is 0 Å². The van der Waals surface area contributed by atoms with E-state index in [1.165, 1.54) is 11.1 Å². The smallest absolute Gasteiger partial charge is 0.255 e. The van der Waals surface area contributed by atoms with Crippen LogP contribution in [0.25, 0.3) is 0 Å². The van der Waals surface area contributed by atoms with Crippen LogP contribution >= 0.6 is 0 Å². The summed E-state index contributed by atoms with van der Waals surface area (Å²) in [6.07, 6.45) is 1.06. The number of fused-ring (bicyclic) bond motifs is 1. The summed E-state index contributed by atoms with van der Waals surface area (Å²) in [7, 11) is 3.10. The van der Waals surface area contributed by atoms with E-state index in [1.54, 1.807) is 32.4 Å². The highest BCUT2D eigenvalue weighted by Gasteiger charge is 2.18. The van der Waals surface area contributed by atoms with Crippen molar-refractivity contribution in [1.29, 1.82) is 0 Å². The van der Waals surface area contributed by atoms with Gasteiger partial charge in [0.05, 0.1) is 19.8 Å². The molecule has 0 aromatic heterocycles. The van der Waals surface area contributed by atoms with E-state index < -0.39 is 0 Å². The highest BCUT2D eigenvalue weighted by molar-refractivity contribution is 5.97. The van der Waals surface area contributed by atoms with E-state index in [4.69, 9.17) is 9.47 Å². The van der Waals surface area contributed by atoms with E-state index in [2.05, 4.69) is 34.5 Å². The number of rotatable bonds is 6. The first-order chi connectivity index (χ1) is 12.2. The summed E-state index contributed by atoms with van der Waals surface area (Å²) in [4.78, 5) is 14.8. The van der Waals surface area contributed by atoms with E-state index in [1.807, 2.05) is 0 Å². The lowest BCUT2D eigenvalue weighted by Gasteiger charge is -2.28. The maximum atomic E-state index is 12.5. The van der Waals surface area contributed by atoms with Crippen LogP contribution in [0.2, 0.25) is 0 Å². The van der Waals surface area contributed by atoms with Crippen molar-refractivity contribution < 1.29 is 14.3 Å². The van der Waals surface area contributed by atoms with Crippen molar-refractivity contribution in [3.8, 4) is 11.5 Å². The fraction of sp³-hybridized carbons (Fsp3) is 0.350. The summed E-state index contributed by atoms with van der Waals surface area (Å²) < 4.78 is 10.6. The number of amides is 1. The molecule has 2 aromatic carbocycles. The van der Waals surface area contributed by atoms with Crippen LogP contribution in [0.5, 0.6) is 11.5 Å². The third-order valence-corrected chi connectivity index (χ3v) is 4.57. The lowest BCUT2D eigenvalue weighted by molar-refractivity contribution is 0.0943. The van der Waals surface area contributed by atoms with Gasteiger partial charge in [0.25, 0.3) is 5.91 Å². The summed E-state index contributed by atoms with van der Waals surface area (Å²) in [6.45, 7) is 3.39. The summed E-state index contributed by atoms with van der Waals surface area (Å²) >= 11 is 0. The second-order valence-electron chi connectivity index (χ2n) is 6.09. The van der Waals surface area contributed by atoms with Crippen molar-refractivity contribution in [2.45, 2.75) is 13.0 Å². The summed E-state index contributed by atoms with van der Waals surface area (Å²) in [6, 6.07) is 13.9. The fourth-order valence-corrected chi connectivity index (χ4v) is 3.23. The molecular weight excluding hydrogens is 316 g/mol. The molecule has 5 heteroatoms. The quantitative estimate of drug-likeness (QED) is 0.878. The third-order valence-electron chi connectivity index (χ3n) is 4.57. The van der Waals surface area contributed by atoms with Gasteiger partial charge in [-0.2, -0.15) is 0 Å². The number of methoxy groups -OCH3 is 2. The highest BCUT2D eigenvalue weighted by Crippen LogP contribution is 2.30. The van der Waals surface area contributed by atoms with E-state index in [-0.39, 0.29) is 5.91 Å². The zero-order valence-electron chi connectivity index (χ0n) is 14.7. The van der Waals surface area contributed by atoms with Gasteiger partial charge in [-0.25, -0.2) is 0 Å². The van der Waals surface area contributed by atoms with Crippen LogP contribution in [0.3, 0.4) is 0 Å². The van der Waals surface area contributed by atoms with Crippen LogP contribution < -0.4 is 14.8 Å². The standard InChI is InChI=1S/C20H24N2O3/c1-24-18-9-5-8-17(19(18)25-2)20(23)21-11-13-22-12-10-15-6-3-4-7-16(15)14-22/h3-9H,10-14H2,1-2H3,(H,21,23). The first-order valence-electron chi connectivity index (χ1n) is 8.51. The van der Waals surface area contributed by atoms with Gasteiger partial charge in [-0.3, -0.25) is 9.69 Å². The van der Waals surface area contributed by atoms with Gasteiger partial charge in [-0.1, -0.05) is 30.3 Å². The van der Waals surface area contributed by atoms with E-state index in [0.717, 1.165) is 26.1 Å². The van der Waals surface area contributed by atoms with Crippen molar-refractivity contribution in [2.75, 3.05) is 33.9 Å². The molecule has 132 valence electrons. The SMILES string of the molecule is COc1cccc(C(=O)NCCN2CCc3ccccc3C2)c1OC. The highest BCUT2D eigenvalue weighted by atomic mass is 16.5. The third kappa shape index (κ3) is 3.94. The number of nitrogens with one attached hydrogen (secondary N) is 1. The lowest BCUT2D eigenvalue weighted by atomic mass is 10.00. The molecule has 0 fully saturated rings. The van der Waals surface area contributed by atoms with Crippen molar-refractivity contribution in [2.24, 2.45) is 0 Å². The Kier molecular flexibility index (Phi) is 5.56. The van der Waals surface area contributed by atoms with Crippen LogP contribution in [0.15, 0.2) is 42.5 Å². The number of carbonyl (C=O) groups is 1. The van der Waals surface area contributed by atoms with E-state index in [0.29, 0.717) is 23.6 Å². The summed E-state index contributed by atoms with van der Waals surface area (Å²) in [5, 5.41) is 2.98. The molecule has 1 aliphatic heterocycles. The van der Waals surface area contributed by atoms with Crippen LogP contribution in [-0.2, 0) is 13.0 Å². The zero-order chi connectivity index (χ0) is 17.6. The second kappa shape index (κ2) is 8.03. The summed E-state index contributed by atoms with van der Waals surface area (Å²) in [5.74, 6) is 0.880. The number of para-hydroxylation sites is 1. The molecule has 1 N–H and O–H groups in total. The zero-order valence-corrected chi connectivity index (χ0v) is 14.7. The number of hydrogen-bond acceptors (Lipinski definition) is 4. The minimum absolute atomic E-state index is 0.145. The molecule has 2 aromatic rings. The first kappa shape index (κ1) is 17.3. The number of benzene rings is 2. The topological polar surface area (TPSA) is 50.8 Å². The molecule has 5 nitrogen and oxygen atoms in total. The molecule has 0 aliphatic carbocycles. The van der Waals surface area contributed by atoms with Crippen LogP contribution in [0.1, 0.15) is 21.5 Å². The van der Waals surface area contributed by atoms with Crippen LogP contribution in [0.4, 0.5) is 0 Å². The first-order valence-corrected chi connectivity index (χ1v) is 8.51. The molecule has 0 atom stereocenters. The van der Waals surface area contributed by atoms with Crippen molar-refractivity contribution in [3.63, 3.8) is 0 Å². The van der Waals surface area contributed by atoms with Crippen molar-refractivity contribution in [1.82, 2.24) is 10.2 Å². The van der Waals surface area contributed by atoms with Gasteiger partial charge in [0.2, 0.25) is 0 Å². The molecule has 1 heterocycles. The largest absolute Gasteiger partial charge is 0.493 e. The van der Waals surface area contributed by atoms with E-state index in [9.17, 15) is 4.79 Å². The van der Waals surface area contributed by atoms with Crippen LogP contribution in [-0.4, -0.2) is 44.7 Å². The van der Waals surface area contributed by atoms with Gasteiger partial charge in [0.1, 0.15) is 0 Å². The molecule has 0 saturated carbocycles. The van der Waals surface area contributed by atoms with E-state index >= 15 is 0 Å². The Morgan fingerprint density at radius 3 is 2.64 bits per heavy atom. The Morgan fingerprint density at radius 2 is 1.88 bits per heavy atom. The Morgan fingerprint density at radius 1 is 1.08 bits per heavy atom. The molecule has 0 radical (unpaired) electrons. The average Bonchev–Trinajstić information content (AvgIpc) is 2.67. The molecular formula is C20H24N2O3.